The highest BCUT2D eigenvalue weighted by molar-refractivity contribution is 5.82. The molecule has 4 atom stereocenters. The average Bonchev–Trinajstić information content (AvgIpc) is 2.77. The van der Waals surface area contributed by atoms with Gasteiger partial charge in [0, 0.05) is 18.4 Å². The van der Waals surface area contributed by atoms with Crippen LogP contribution in [-0.4, -0.2) is 60.3 Å². The highest BCUT2D eigenvalue weighted by atomic mass is 16.6. The number of methoxy groups -OCH3 is 1. The molecule has 21 heavy (non-hydrogen) atoms. The van der Waals surface area contributed by atoms with E-state index >= 15 is 0 Å². The molecular formula is C14H23NO6. The molecule has 7 heteroatoms. The molecule has 1 unspecified atom stereocenters. The zero-order chi connectivity index (χ0) is 15.8. The number of likely N-dealkylation sites (tertiary alicyclic amines) is 1. The van der Waals surface area contributed by atoms with Crippen LogP contribution in [0.4, 0.5) is 4.79 Å². The fraction of sp³-hybridized carbons (Fsp3) is 0.857. The summed E-state index contributed by atoms with van der Waals surface area (Å²) >= 11 is 0. The second kappa shape index (κ2) is 5.81. The van der Waals surface area contributed by atoms with Crippen molar-refractivity contribution in [2.24, 2.45) is 11.8 Å². The number of aliphatic hydroxyl groups excluding tert-OH is 1. The fourth-order valence-electron chi connectivity index (χ4n) is 2.99. The molecule has 120 valence electrons. The third-order valence-corrected chi connectivity index (χ3v) is 3.88. The summed E-state index contributed by atoms with van der Waals surface area (Å²) in [6.07, 6.45) is -0.941. The summed E-state index contributed by atoms with van der Waals surface area (Å²) in [5.74, 6) is -0.952. The van der Waals surface area contributed by atoms with Gasteiger partial charge in [-0.05, 0) is 27.2 Å². The first-order valence-corrected chi connectivity index (χ1v) is 7.11. The monoisotopic (exact) mass is 301 g/mol. The van der Waals surface area contributed by atoms with E-state index in [4.69, 9.17) is 14.2 Å². The summed E-state index contributed by atoms with van der Waals surface area (Å²) in [7, 11) is 1.29. The highest BCUT2D eigenvalue weighted by Crippen LogP contribution is 2.39. The number of hydrogen-bond donors (Lipinski definition) is 1. The van der Waals surface area contributed by atoms with Gasteiger partial charge in [0.15, 0.2) is 6.29 Å². The summed E-state index contributed by atoms with van der Waals surface area (Å²) < 4.78 is 15.4. The lowest BCUT2D eigenvalue weighted by molar-refractivity contribution is -0.171. The smallest absolute Gasteiger partial charge is 0.411 e. The van der Waals surface area contributed by atoms with Crippen molar-refractivity contribution in [1.29, 1.82) is 0 Å². The molecule has 1 N–H and O–H groups in total. The number of aliphatic hydroxyl groups is 1. The summed E-state index contributed by atoms with van der Waals surface area (Å²) in [6, 6.07) is -0.728. The van der Waals surface area contributed by atoms with E-state index in [0.29, 0.717) is 13.0 Å². The molecule has 0 radical (unpaired) electrons. The predicted octanol–water partition coefficient (Wildman–Crippen LogP) is 0.750. The standard InChI is InChI=1S/C14H23NO6/c1-14(2,3)21-13(18)15-7-9-8(5-6-20-11(9)16)10(15)12(17)19-4/h8-11,16H,5-7H2,1-4H3/t8-,9-,10-,11?/m0/s1. The van der Waals surface area contributed by atoms with Gasteiger partial charge in [-0.25, -0.2) is 9.59 Å². The quantitative estimate of drug-likeness (QED) is 0.719. The third-order valence-electron chi connectivity index (χ3n) is 3.88. The second-order valence-electron chi connectivity index (χ2n) is 6.48. The van der Waals surface area contributed by atoms with Gasteiger partial charge < -0.3 is 19.3 Å². The minimum absolute atomic E-state index is 0.172. The Balaban J connectivity index is 2.22. The summed E-state index contributed by atoms with van der Waals surface area (Å²) in [6.45, 7) is 5.87. The molecule has 0 aliphatic carbocycles. The molecule has 2 aliphatic heterocycles. The molecule has 0 aromatic heterocycles. The van der Waals surface area contributed by atoms with Crippen molar-refractivity contribution in [3.63, 3.8) is 0 Å². The molecular weight excluding hydrogens is 278 g/mol. The van der Waals surface area contributed by atoms with E-state index < -0.39 is 30.0 Å². The minimum Gasteiger partial charge on any atom is -0.467 e. The zero-order valence-corrected chi connectivity index (χ0v) is 12.9. The summed E-state index contributed by atoms with van der Waals surface area (Å²) in [4.78, 5) is 25.7. The van der Waals surface area contributed by atoms with Gasteiger partial charge in [0.2, 0.25) is 0 Å². The first-order valence-electron chi connectivity index (χ1n) is 7.11. The van der Waals surface area contributed by atoms with Crippen molar-refractivity contribution in [3.8, 4) is 0 Å². The lowest BCUT2D eigenvalue weighted by atomic mass is 9.85. The van der Waals surface area contributed by atoms with Crippen LogP contribution in [0, 0.1) is 11.8 Å². The van der Waals surface area contributed by atoms with Crippen molar-refractivity contribution < 1.29 is 28.9 Å². The topological polar surface area (TPSA) is 85.3 Å². The van der Waals surface area contributed by atoms with Crippen LogP contribution in [0.25, 0.3) is 0 Å². The van der Waals surface area contributed by atoms with E-state index in [1.807, 2.05) is 0 Å². The third kappa shape index (κ3) is 3.29. The Hall–Kier alpha value is -1.34. The van der Waals surface area contributed by atoms with Crippen molar-refractivity contribution in [2.45, 2.75) is 45.1 Å². The van der Waals surface area contributed by atoms with E-state index in [1.165, 1.54) is 12.0 Å². The number of amides is 1. The van der Waals surface area contributed by atoms with Gasteiger partial charge in [-0.15, -0.1) is 0 Å². The Morgan fingerprint density at radius 2 is 1.95 bits per heavy atom. The molecule has 0 bridgehead atoms. The van der Waals surface area contributed by atoms with Crippen LogP contribution in [0.5, 0.6) is 0 Å². The van der Waals surface area contributed by atoms with Crippen LogP contribution >= 0.6 is 0 Å². The van der Waals surface area contributed by atoms with Crippen molar-refractivity contribution in [1.82, 2.24) is 4.90 Å². The number of esters is 1. The molecule has 2 saturated heterocycles. The van der Waals surface area contributed by atoms with E-state index in [1.54, 1.807) is 20.8 Å². The van der Waals surface area contributed by atoms with Gasteiger partial charge in [-0.2, -0.15) is 0 Å². The number of nitrogens with zero attached hydrogens (tertiary/aromatic N) is 1. The van der Waals surface area contributed by atoms with Gasteiger partial charge in [-0.3, -0.25) is 4.90 Å². The molecule has 0 aromatic carbocycles. The first-order chi connectivity index (χ1) is 9.74. The largest absolute Gasteiger partial charge is 0.467 e. The van der Waals surface area contributed by atoms with E-state index in [-0.39, 0.29) is 18.4 Å². The van der Waals surface area contributed by atoms with Crippen LogP contribution in [0.2, 0.25) is 0 Å². The Morgan fingerprint density at radius 3 is 2.52 bits per heavy atom. The van der Waals surface area contributed by atoms with Gasteiger partial charge in [0.25, 0.3) is 0 Å². The van der Waals surface area contributed by atoms with Crippen LogP contribution in [0.3, 0.4) is 0 Å². The van der Waals surface area contributed by atoms with Crippen molar-refractivity contribution in [2.75, 3.05) is 20.3 Å². The SMILES string of the molecule is COC(=O)[C@@H]1[C@H]2CCOC(O)[C@H]2CN1C(=O)OC(C)(C)C. The lowest BCUT2D eigenvalue weighted by Gasteiger charge is -2.31. The molecule has 0 aromatic rings. The lowest BCUT2D eigenvalue weighted by Crippen LogP contribution is -2.46. The van der Waals surface area contributed by atoms with Crippen LogP contribution in [0.1, 0.15) is 27.2 Å². The second-order valence-corrected chi connectivity index (χ2v) is 6.48. The number of ether oxygens (including phenoxy) is 3. The number of carbonyl (C=O) groups is 2. The van der Waals surface area contributed by atoms with Gasteiger partial charge in [0.1, 0.15) is 11.6 Å². The van der Waals surface area contributed by atoms with E-state index in [2.05, 4.69) is 0 Å². The normalized spacial score (nSPS) is 32.5. The molecule has 2 aliphatic rings. The Kier molecular flexibility index (Phi) is 4.43. The Labute approximate surface area is 124 Å². The molecule has 2 heterocycles. The summed E-state index contributed by atoms with van der Waals surface area (Å²) in [5, 5.41) is 9.93. The first kappa shape index (κ1) is 16.0. The van der Waals surface area contributed by atoms with Gasteiger partial charge in [-0.1, -0.05) is 0 Å². The van der Waals surface area contributed by atoms with Crippen molar-refractivity contribution in [3.05, 3.63) is 0 Å². The maximum absolute atomic E-state index is 12.3. The Morgan fingerprint density at radius 1 is 1.29 bits per heavy atom. The number of carbonyl (C=O) groups excluding carboxylic acids is 2. The Bertz CT molecular complexity index is 418. The molecule has 2 fully saturated rings. The molecule has 2 rings (SSSR count). The van der Waals surface area contributed by atoms with Crippen LogP contribution in [-0.2, 0) is 19.0 Å². The van der Waals surface area contributed by atoms with Crippen LogP contribution < -0.4 is 0 Å². The minimum atomic E-state index is -0.969. The highest BCUT2D eigenvalue weighted by Gasteiger charge is 2.53. The van der Waals surface area contributed by atoms with Gasteiger partial charge >= 0.3 is 12.1 Å². The maximum atomic E-state index is 12.3. The maximum Gasteiger partial charge on any atom is 0.411 e. The average molecular weight is 301 g/mol. The van der Waals surface area contributed by atoms with Crippen molar-refractivity contribution >= 4 is 12.1 Å². The van der Waals surface area contributed by atoms with E-state index in [0.717, 1.165) is 0 Å². The molecule has 7 nitrogen and oxygen atoms in total. The molecule has 1 amide bonds. The number of rotatable bonds is 1. The predicted molar refractivity (Wildman–Crippen MR) is 72.3 cm³/mol. The van der Waals surface area contributed by atoms with E-state index in [9.17, 15) is 14.7 Å². The van der Waals surface area contributed by atoms with Gasteiger partial charge in [0.05, 0.1) is 13.7 Å². The van der Waals surface area contributed by atoms with Crippen LogP contribution in [0.15, 0.2) is 0 Å². The zero-order valence-electron chi connectivity index (χ0n) is 12.9. The number of fused-ring (bicyclic) bond motifs is 1. The molecule has 0 spiro atoms. The fourth-order valence-corrected chi connectivity index (χ4v) is 2.99. The molecule has 0 saturated carbocycles. The number of hydrogen-bond acceptors (Lipinski definition) is 6. The summed E-state index contributed by atoms with van der Waals surface area (Å²) in [5.41, 5.74) is -0.652.